The molecule has 162 valence electrons. The van der Waals surface area contributed by atoms with E-state index < -0.39 is 0 Å². The van der Waals surface area contributed by atoms with Gasteiger partial charge < -0.3 is 14.4 Å². The van der Waals surface area contributed by atoms with Crippen LogP contribution in [-0.2, 0) is 4.79 Å². The average molecular weight is 456 g/mol. The Balaban J connectivity index is 1.69. The van der Waals surface area contributed by atoms with E-state index in [2.05, 4.69) is 11.8 Å². The molecular formula is C23H25N3O3S2. The highest BCUT2D eigenvalue weighted by molar-refractivity contribution is 8.19. The van der Waals surface area contributed by atoms with E-state index in [9.17, 15) is 4.79 Å². The Morgan fingerprint density at radius 1 is 1.00 bits per heavy atom. The third kappa shape index (κ3) is 4.27. The highest BCUT2D eigenvalue weighted by atomic mass is 32.2. The van der Waals surface area contributed by atoms with Crippen LogP contribution >= 0.6 is 23.5 Å². The molecule has 2 aromatic rings. The van der Waals surface area contributed by atoms with Crippen molar-refractivity contribution in [3.8, 4) is 11.5 Å². The maximum Gasteiger partial charge on any atom is 0.269 e. The van der Waals surface area contributed by atoms with Gasteiger partial charge in [-0.2, -0.15) is 0 Å². The maximum absolute atomic E-state index is 13.4. The summed E-state index contributed by atoms with van der Waals surface area (Å²) in [7, 11) is 5.29. The van der Waals surface area contributed by atoms with Crippen LogP contribution in [0.5, 0.6) is 11.5 Å². The first-order valence-electron chi connectivity index (χ1n) is 10.1. The van der Waals surface area contributed by atoms with Gasteiger partial charge in [-0.05, 0) is 54.6 Å². The van der Waals surface area contributed by atoms with E-state index in [1.54, 1.807) is 30.9 Å². The summed E-state index contributed by atoms with van der Waals surface area (Å²) in [6.45, 7) is 2.78. The van der Waals surface area contributed by atoms with Crippen molar-refractivity contribution in [2.45, 2.75) is 24.7 Å². The number of carbonyl (C=O) groups is 1. The van der Waals surface area contributed by atoms with Gasteiger partial charge in [-0.15, -0.1) is 0 Å². The minimum absolute atomic E-state index is 0.0137. The van der Waals surface area contributed by atoms with Crippen LogP contribution in [0.4, 0.5) is 11.4 Å². The quantitative estimate of drug-likeness (QED) is 0.538. The number of amidine groups is 1. The molecule has 4 rings (SSSR count). The number of carbonyl (C=O) groups excluding carboxylic acids is 1. The van der Waals surface area contributed by atoms with Gasteiger partial charge in [0.25, 0.3) is 5.91 Å². The Labute approximate surface area is 191 Å². The standard InChI is InChI=1S/C23H25N3O3S2/c1-5-6-13-26-21(27)20(31-23(26)24-15-7-9-16(28-3)10-8-15)22-25(2)18-14-17(29-4)11-12-19(18)30-22/h7-12,14H,5-6,13H2,1-4H3. The number of nitrogens with zero attached hydrogens (tertiary/aromatic N) is 3. The van der Waals surface area contributed by atoms with Gasteiger partial charge in [0.2, 0.25) is 0 Å². The van der Waals surface area contributed by atoms with E-state index in [1.165, 1.54) is 11.8 Å². The van der Waals surface area contributed by atoms with Crippen molar-refractivity contribution in [1.82, 2.24) is 4.90 Å². The molecule has 0 saturated carbocycles. The number of methoxy groups -OCH3 is 2. The Morgan fingerprint density at radius 3 is 2.39 bits per heavy atom. The van der Waals surface area contributed by atoms with Gasteiger partial charge in [-0.1, -0.05) is 25.1 Å². The molecule has 31 heavy (non-hydrogen) atoms. The van der Waals surface area contributed by atoms with Gasteiger partial charge in [0.1, 0.15) is 16.4 Å². The number of rotatable bonds is 6. The molecule has 2 aromatic carbocycles. The monoisotopic (exact) mass is 455 g/mol. The Morgan fingerprint density at radius 2 is 1.71 bits per heavy atom. The molecule has 8 heteroatoms. The minimum Gasteiger partial charge on any atom is -0.497 e. The number of hydrogen-bond acceptors (Lipinski definition) is 7. The van der Waals surface area contributed by atoms with Crippen molar-refractivity contribution in [2.24, 2.45) is 4.99 Å². The van der Waals surface area contributed by atoms with Crippen LogP contribution in [-0.4, -0.2) is 43.8 Å². The first-order valence-corrected chi connectivity index (χ1v) is 11.7. The highest BCUT2D eigenvalue weighted by Gasteiger charge is 2.39. The number of ether oxygens (including phenoxy) is 2. The largest absolute Gasteiger partial charge is 0.497 e. The maximum atomic E-state index is 13.4. The lowest BCUT2D eigenvalue weighted by Gasteiger charge is -2.16. The zero-order valence-electron chi connectivity index (χ0n) is 18.0. The molecule has 0 aliphatic carbocycles. The second kappa shape index (κ2) is 9.28. The predicted molar refractivity (Wildman–Crippen MR) is 129 cm³/mol. The number of amides is 1. The number of anilines is 1. The number of benzene rings is 2. The SMILES string of the molecule is CCCCN1C(=O)C(=C2Sc3ccc(OC)cc3N2C)SC1=Nc1ccc(OC)cc1. The van der Waals surface area contributed by atoms with Crippen LogP contribution in [0, 0.1) is 0 Å². The second-order valence-corrected chi connectivity index (χ2v) is 9.14. The summed E-state index contributed by atoms with van der Waals surface area (Å²) in [5.41, 5.74) is 1.84. The van der Waals surface area contributed by atoms with Gasteiger partial charge in [0.05, 0.1) is 30.6 Å². The number of thioether (sulfide) groups is 2. The van der Waals surface area contributed by atoms with E-state index in [-0.39, 0.29) is 5.91 Å². The normalized spacial score (nSPS) is 19.4. The van der Waals surface area contributed by atoms with Crippen molar-refractivity contribution in [3.05, 3.63) is 52.4 Å². The molecule has 2 aliphatic heterocycles. The average Bonchev–Trinajstić information content (AvgIpc) is 3.28. The van der Waals surface area contributed by atoms with Gasteiger partial charge in [0.15, 0.2) is 5.17 Å². The number of fused-ring (bicyclic) bond motifs is 1. The van der Waals surface area contributed by atoms with Crippen molar-refractivity contribution in [1.29, 1.82) is 0 Å². The summed E-state index contributed by atoms with van der Waals surface area (Å²) in [5.74, 6) is 1.59. The Hall–Kier alpha value is -2.58. The van der Waals surface area contributed by atoms with Gasteiger partial charge >= 0.3 is 0 Å². The van der Waals surface area contributed by atoms with E-state index in [1.807, 2.05) is 49.5 Å². The summed E-state index contributed by atoms with van der Waals surface area (Å²) >= 11 is 3.06. The first-order chi connectivity index (χ1) is 15.0. The lowest BCUT2D eigenvalue weighted by Crippen LogP contribution is -2.30. The fourth-order valence-electron chi connectivity index (χ4n) is 3.35. The van der Waals surface area contributed by atoms with Crippen LogP contribution in [0.3, 0.4) is 0 Å². The molecule has 0 spiro atoms. The van der Waals surface area contributed by atoms with Crippen LogP contribution < -0.4 is 14.4 Å². The topological polar surface area (TPSA) is 54.4 Å². The van der Waals surface area contributed by atoms with E-state index in [0.717, 1.165) is 45.6 Å². The smallest absolute Gasteiger partial charge is 0.269 e. The zero-order chi connectivity index (χ0) is 22.0. The molecule has 1 saturated heterocycles. The van der Waals surface area contributed by atoms with E-state index in [4.69, 9.17) is 14.5 Å². The second-order valence-electron chi connectivity index (χ2n) is 7.13. The van der Waals surface area contributed by atoms with Gasteiger partial charge in [-0.25, -0.2) is 4.99 Å². The lowest BCUT2D eigenvalue weighted by atomic mass is 10.3. The molecule has 1 fully saturated rings. The Bertz CT molecular complexity index is 1050. The fraction of sp³-hybridized carbons (Fsp3) is 0.304. The minimum atomic E-state index is 0.0137. The van der Waals surface area contributed by atoms with Crippen molar-refractivity contribution in [3.63, 3.8) is 0 Å². The molecule has 0 atom stereocenters. The van der Waals surface area contributed by atoms with Crippen LogP contribution in [0.2, 0.25) is 0 Å². The molecule has 1 amide bonds. The molecule has 0 radical (unpaired) electrons. The van der Waals surface area contributed by atoms with E-state index >= 15 is 0 Å². The molecule has 0 unspecified atom stereocenters. The highest BCUT2D eigenvalue weighted by Crippen LogP contribution is 2.51. The number of aliphatic imine (C=N–C) groups is 1. The number of unbranched alkanes of at least 4 members (excludes halogenated alkanes) is 1. The first kappa shape index (κ1) is 21.6. The van der Waals surface area contributed by atoms with Gasteiger partial charge in [-0.3, -0.25) is 9.69 Å². The van der Waals surface area contributed by atoms with Crippen molar-refractivity contribution in [2.75, 3.05) is 32.7 Å². The lowest BCUT2D eigenvalue weighted by molar-refractivity contribution is -0.122. The van der Waals surface area contributed by atoms with Crippen LogP contribution in [0.25, 0.3) is 0 Å². The number of hydrogen-bond donors (Lipinski definition) is 0. The molecule has 6 nitrogen and oxygen atoms in total. The molecule has 0 aromatic heterocycles. The fourth-order valence-corrected chi connectivity index (χ4v) is 5.70. The van der Waals surface area contributed by atoms with Crippen molar-refractivity contribution >= 4 is 46.0 Å². The molecule has 2 aliphatic rings. The Kier molecular flexibility index (Phi) is 6.48. The summed E-state index contributed by atoms with van der Waals surface area (Å²) in [5, 5.41) is 1.65. The molecule has 2 heterocycles. The summed E-state index contributed by atoms with van der Waals surface area (Å²) < 4.78 is 10.6. The summed E-state index contributed by atoms with van der Waals surface area (Å²) in [6, 6.07) is 13.5. The van der Waals surface area contributed by atoms with Gasteiger partial charge in [0, 0.05) is 24.6 Å². The summed E-state index contributed by atoms with van der Waals surface area (Å²) in [4.78, 5) is 23.9. The predicted octanol–water partition coefficient (Wildman–Crippen LogP) is 5.48. The van der Waals surface area contributed by atoms with Crippen molar-refractivity contribution < 1.29 is 14.3 Å². The summed E-state index contributed by atoms with van der Waals surface area (Å²) in [6.07, 6.45) is 1.94. The third-order valence-electron chi connectivity index (χ3n) is 5.13. The molecule has 0 N–H and O–H groups in total. The van der Waals surface area contributed by atoms with Crippen LogP contribution in [0.1, 0.15) is 19.8 Å². The third-order valence-corrected chi connectivity index (χ3v) is 7.56. The molecular weight excluding hydrogens is 430 g/mol. The van der Waals surface area contributed by atoms with Crippen LogP contribution in [0.15, 0.2) is 62.3 Å². The van der Waals surface area contributed by atoms with E-state index in [0.29, 0.717) is 16.6 Å². The zero-order valence-corrected chi connectivity index (χ0v) is 19.7. The molecule has 0 bridgehead atoms.